The molecule has 0 saturated carbocycles. The Bertz CT molecular complexity index is 420. The highest BCUT2D eigenvalue weighted by atomic mass is 35.5. The first kappa shape index (κ1) is 15.3. The maximum Gasteiger partial charge on any atom is 0.342 e. The highest BCUT2D eigenvalue weighted by molar-refractivity contribution is 7.17. The highest BCUT2D eigenvalue weighted by Crippen LogP contribution is 2.38. The third-order valence-electron chi connectivity index (χ3n) is 2.60. The smallest absolute Gasteiger partial charge is 0.342 e. The van der Waals surface area contributed by atoms with Crippen LogP contribution in [0.4, 0.5) is 5.00 Å². The quantitative estimate of drug-likeness (QED) is 0.791. The fourth-order valence-electron chi connectivity index (χ4n) is 1.53. The van der Waals surface area contributed by atoms with Gasteiger partial charge in [0.25, 0.3) is 0 Å². The molecule has 4 nitrogen and oxygen atoms in total. The number of esters is 1. The molecule has 6 heteroatoms. The van der Waals surface area contributed by atoms with Crippen LogP contribution in [0.15, 0.2) is 0 Å². The summed E-state index contributed by atoms with van der Waals surface area (Å²) in [4.78, 5) is 12.8. The molecule has 1 rings (SSSR count). The van der Waals surface area contributed by atoms with Gasteiger partial charge in [0, 0.05) is 18.0 Å². The van der Waals surface area contributed by atoms with Gasteiger partial charge in [0.2, 0.25) is 0 Å². The van der Waals surface area contributed by atoms with E-state index in [2.05, 4.69) is 5.32 Å². The lowest BCUT2D eigenvalue weighted by molar-refractivity contribution is 0.0528. The van der Waals surface area contributed by atoms with Crippen molar-refractivity contribution in [3.63, 3.8) is 0 Å². The second-order valence-electron chi connectivity index (χ2n) is 3.89. The summed E-state index contributed by atoms with van der Waals surface area (Å²) in [5.41, 5.74) is 6.34. The second-order valence-corrected chi connectivity index (χ2v) is 5.37. The molecular formula is C12H19ClN2O2S. The molecular weight excluding hydrogens is 272 g/mol. The Morgan fingerprint density at radius 2 is 2.22 bits per heavy atom. The van der Waals surface area contributed by atoms with Crippen molar-refractivity contribution in [1.29, 1.82) is 0 Å². The van der Waals surface area contributed by atoms with Crippen LogP contribution in [0.3, 0.4) is 0 Å². The Morgan fingerprint density at radius 3 is 2.72 bits per heavy atom. The topological polar surface area (TPSA) is 64.3 Å². The fourth-order valence-corrected chi connectivity index (χ4v) is 3.08. The van der Waals surface area contributed by atoms with Crippen LogP contribution in [0.2, 0.25) is 5.02 Å². The number of hydrogen-bond donors (Lipinski definition) is 2. The van der Waals surface area contributed by atoms with E-state index < -0.39 is 0 Å². The van der Waals surface area contributed by atoms with E-state index in [1.54, 1.807) is 14.0 Å². The van der Waals surface area contributed by atoms with Gasteiger partial charge in [-0.05, 0) is 19.8 Å². The maximum absolute atomic E-state index is 11.8. The molecule has 1 aromatic heterocycles. The standard InChI is InChI=1S/C12H19ClN2O2S/c1-4-7(14)6-8-10(13)9(11(15-3)18-8)12(16)17-5-2/h7,15H,4-6,14H2,1-3H3. The van der Waals surface area contributed by atoms with Crippen LogP contribution in [0, 0.1) is 0 Å². The number of carbonyl (C=O) groups is 1. The molecule has 1 aromatic rings. The number of nitrogens with one attached hydrogen (secondary N) is 1. The lowest BCUT2D eigenvalue weighted by atomic mass is 10.1. The van der Waals surface area contributed by atoms with Gasteiger partial charge < -0.3 is 15.8 Å². The van der Waals surface area contributed by atoms with Crippen molar-refractivity contribution in [2.24, 2.45) is 5.73 Å². The molecule has 0 fully saturated rings. The van der Waals surface area contributed by atoms with Crippen LogP contribution in [0.1, 0.15) is 35.5 Å². The van der Waals surface area contributed by atoms with Gasteiger partial charge in [-0.15, -0.1) is 11.3 Å². The maximum atomic E-state index is 11.8. The van der Waals surface area contributed by atoms with Gasteiger partial charge in [-0.1, -0.05) is 18.5 Å². The molecule has 0 amide bonds. The minimum Gasteiger partial charge on any atom is -0.462 e. The van der Waals surface area contributed by atoms with E-state index in [1.165, 1.54) is 11.3 Å². The molecule has 0 bridgehead atoms. The van der Waals surface area contributed by atoms with Crippen LogP contribution in [0.5, 0.6) is 0 Å². The molecule has 0 aromatic carbocycles. The van der Waals surface area contributed by atoms with Crippen molar-refractivity contribution in [2.75, 3.05) is 19.0 Å². The molecule has 0 spiro atoms. The molecule has 0 aliphatic rings. The summed E-state index contributed by atoms with van der Waals surface area (Å²) in [6.45, 7) is 4.13. The number of ether oxygens (including phenoxy) is 1. The normalized spacial score (nSPS) is 12.3. The van der Waals surface area contributed by atoms with Crippen molar-refractivity contribution in [2.45, 2.75) is 32.7 Å². The van der Waals surface area contributed by atoms with E-state index in [4.69, 9.17) is 22.1 Å². The van der Waals surface area contributed by atoms with Crippen molar-refractivity contribution >= 4 is 33.9 Å². The average Bonchev–Trinajstić information content (AvgIpc) is 2.66. The van der Waals surface area contributed by atoms with Gasteiger partial charge in [-0.2, -0.15) is 0 Å². The first-order chi connectivity index (χ1) is 8.54. The van der Waals surface area contributed by atoms with Crippen molar-refractivity contribution in [3.05, 3.63) is 15.5 Å². The van der Waals surface area contributed by atoms with E-state index in [0.29, 0.717) is 23.6 Å². The average molecular weight is 291 g/mol. The highest BCUT2D eigenvalue weighted by Gasteiger charge is 2.23. The van der Waals surface area contributed by atoms with E-state index in [9.17, 15) is 4.79 Å². The van der Waals surface area contributed by atoms with Crippen molar-refractivity contribution in [3.8, 4) is 0 Å². The molecule has 0 saturated heterocycles. The van der Waals surface area contributed by atoms with Crippen LogP contribution >= 0.6 is 22.9 Å². The summed E-state index contributed by atoms with van der Waals surface area (Å²) in [5.74, 6) is -0.389. The molecule has 0 aliphatic carbocycles. The zero-order valence-electron chi connectivity index (χ0n) is 10.9. The zero-order valence-corrected chi connectivity index (χ0v) is 12.5. The van der Waals surface area contributed by atoms with E-state index in [1.807, 2.05) is 6.92 Å². The lowest BCUT2D eigenvalue weighted by Crippen LogP contribution is -2.21. The van der Waals surface area contributed by atoms with Gasteiger partial charge >= 0.3 is 5.97 Å². The van der Waals surface area contributed by atoms with Gasteiger partial charge in [-0.25, -0.2) is 4.79 Å². The Balaban J connectivity index is 3.06. The molecule has 1 heterocycles. The monoisotopic (exact) mass is 290 g/mol. The molecule has 1 unspecified atom stereocenters. The summed E-state index contributed by atoms with van der Waals surface area (Å²) >= 11 is 7.71. The van der Waals surface area contributed by atoms with E-state index >= 15 is 0 Å². The number of anilines is 1. The molecule has 0 aliphatic heterocycles. The van der Waals surface area contributed by atoms with Gasteiger partial charge in [0.05, 0.1) is 11.6 Å². The van der Waals surface area contributed by atoms with Crippen LogP contribution in [-0.4, -0.2) is 25.7 Å². The number of hydrogen-bond acceptors (Lipinski definition) is 5. The lowest BCUT2D eigenvalue weighted by Gasteiger charge is -2.06. The van der Waals surface area contributed by atoms with Crippen LogP contribution in [-0.2, 0) is 11.2 Å². The molecule has 1 atom stereocenters. The number of carbonyl (C=O) groups excluding carboxylic acids is 1. The third kappa shape index (κ3) is 3.37. The molecule has 102 valence electrons. The largest absolute Gasteiger partial charge is 0.462 e. The van der Waals surface area contributed by atoms with Crippen molar-refractivity contribution in [1.82, 2.24) is 0 Å². The third-order valence-corrected chi connectivity index (χ3v) is 4.35. The first-order valence-electron chi connectivity index (χ1n) is 5.96. The minimum absolute atomic E-state index is 0.0564. The summed E-state index contributed by atoms with van der Waals surface area (Å²) in [7, 11) is 1.76. The second kappa shape index (κ2) is 6.97. The number of rotatable bonds is 6. The van der Waals surface area contributed by atoms with Gasteiger partial charge in [0.15, 0.2) is 0 Å². The fraction of sp³-hybridized carbons (Fsp3) is 0.583. The minimum atomic E-state index is -0.389. The van der Waals surface area contributed by atoms with Crippen LogP contribution < -0.4 is 11.1 Å². The Kier molecular flexibility index (Phi) is 5.91. The number of halogens is 1. The number of thiophene rings is 1. The van der Waals surface area contributed by atoms with Crippen LogP contribution in [0.25, 0.3) is 0 Å². The predicted molar refractivity (Wildman–Crippen MR) is 76.8 cm³/mol. The Morgan fingerprint density at radius 1 is 1.56 bits per heavy atom. The predicted octanol–water partition coefficient (Wildman–Crippen LogP) is 2.90. The molecule has 0 radical (unpaired) electrons. The first-order valence-corrected chi connectivity index (χ1v) is 7.16. The summed E-state index contributed by atoms with van der Waals surface area (Å²) in [5, 5.41) is 4.18. The van der Waals surface area contributed by atoms with Gasteiger partial charge in [-0.3, -0.25) is 0 Å². The summed E-state index contributed by atoms with van der Waals surface area (Å²) in [6.07, 6.45) is 1.55. The van der Waals surface area contributed by atoms with E-state index in [-0.39, 0.29) is 12.0 Å². The summed E-state index contributed by atoms with van der Waals surface area (Å²) < 4.78 is 5.01. The zero-order chi connectivity index (χ0) is 13.7. The Hall–Kier alpha value is -0.780. The number of nitrogens with two attached hydrogens (primary N) is 1. The van der Waals surface area contributed by atoms with Crippen molar-refractivity contribution < 1.29 is 9.53 Å². The summed E-state index contributed by atoms with van der Waals surface area (Å²) in [6, 6.07) is 0.0564. The molecule has 18 heavy (non-hydrogen) atoms. The molecule has 3 N–H and O–H groups in total. The van der Waals surface area contributed by atoms with E-state index in [0.717, 1.165) is 16.3 Å². The Labute approximate surface area is 116 Å². The SMILES string of the molecule is CCOC(=O)c1c(NC)sc(CC(N)CC)c1Cl. The van der Waals surface area contributed by atoms with Gasteiger partial charge in [0.1, 0.15) is 10.6 Å².